The van der Waals surface area contributed by atoms with Crippen LogP contribution in [0.2, 0.25) is 0 Å². The molecule has 1 aromatic rings. The van der Waals surface area contributed by atoms with Crippen LogP contribution in [0.1, 0.15) is 23.2 Å². The number of halogens is 1. The summed E-state index contributed by atoms with van der Waals surface area (Å²) in [7, 11) is 1.58. The predicted octanol–water partition coefficient (Wildman–Crippen LogP) is 3.33. The molecule has 1 aromatic carbocycles. The molecule has 0 saturated carbocycles. The summed E-state index contributed by atoms with van der Waals surface area (Å²) in [5.41, 5.74) is 0.585. The zero-order valence-electron chi connectivity index (χ0n) is 10.9. The number of nitrogens with one attached hydrogen (secondary N) is 1. The number of carbonyl (C=O) groups is 1. The van der Waals surface area contributed by atoms with Crippen LogP contribution in [0.3, 0.4) is 0 Å². The van der Waals surface area contributed by atoms with Gasteiger partial charge in [0.25, 0.3) is 5.91 Å². The second kappa shape index (κ2) is 7.20. The molecule has 1 aliphatic rings. The van der Waals surface area contributed by atoms with E-state index in [0.717, 1.165) is 11.0 Å². The average Bonchev–Trinajstić information content (AvgIpc) is 2.46. The van der Waals surface area contributed by atoms with E-state index in [1.807, 2.05) is 17.8 Å². The van der Waals surface area contributed by atoms with E-state index in [4.69, 9.17) is 4.74 Å². The van der Waals surface area contributed by atoms with Gasteiger partial charge in [-0.25, -0.2) is 0 Å². The zero-order chi connectivity index (χ0) is 13.7. The van der Waals surface area contributed by atoms with Crippen molar-refractivity contribution in [1.82, 2.24) is 5.32 Å². The van der Waals surface area contributed by atoms with Gasteiger partial charge in [0, 0.05) is 11.0 Å². The maximum atomic E-state index is 12.2. The number of thioether (sulfide) groups is 1. The van der Waals surface area contributed by atoms with Crippen molar-refractivity contribution in [3.63, 3.8) is 0 Å². The second-order valence-corrected chi connectivity index (χ2v) is 6.75. The van der Waals surface area contributed by atoms with E-state index in [-0.39, 0.29) is 5.91 Å². The van der Waals surface area contributed by atoms with Gasteiger partial charge in [-0.1, -0.05) is 15.9 Å². The van der Waals surface area contributed by atoms with Crippen LogP contribution in [0, 0.1) is 5.92 Å². The third-order valence-corrected chi connectivity index (χ3v) is 4.84. The van der Waals surface area contributed by atoms with Crippen molar-refractivity contribution in [2.45, 2.75) is 12.8 Å². The van der Waals surface area contributed by atoms with Crippen LogP contribution in [0.4, 0.5) is 0 Å². The molecule has 1 amide bonds. The van der Waals surface area contributed by atoms with Crippen molar-refractivity contribution in [2.75, 3.05) is 25.2 Å². The predicted molar refractivity (Wildman–Crippen MR) is 83.1 cm³/mol. The van der Waals surface area contributed by atoms with Gasteiger partial charge in [0.05, 0.1) is 12.7 Å². The Labute approximate surface area is 126 Å². The maximum absolute atomic E-state index is 12.2. The van der Waals surface area contributed by atoms with Crippen molar-refractivity contribution in [2.24, 2.45) is 5.92 Å². The molecule has 1 saturated heterocycles. The number of rotatable bonds is 4. The first-order valence-electron chi connectivity index (χ1n) is 6.40. The number of benzene rings is 1. The second-order valence-electron chi connectivity index (χ2n) is 4.61. The van der Waals surface area contributed by atoms with Crippen LogP contribution >= 0.6 is 27.7 Å². The molecule has 2 rings (SSSR count). The molecule has 1 fully saturated rings. The lowest BCUT2D eigenvalue weighted by atomic mass is 10.0. The van der Waals surface area contributed by atoms with Gasteiger partial charge < -0.3 is 10.1 Å². The van der Waals surface area contributed by atoms with E-state index in [9.17, 15) is 4.79 Å². The van der Waals surface area contributed by atoms with Crippen LogP contribution in [0.25, 0.3) is 0 Å². The first kappa shape index (κ1) is 14.7. The fourth-order valence-corrected chi connectivity index (χ4v) is 3.71. The van der Waals surface area contributed by atoms with Gasteiger partial charge in [-0.3, -0.25) is 4.79 Å². The highest BCUT2D eigenvalue weighted by Gasteiger charge is 2.17. The fraction of sp³-hybridized carbons (Fsp3) is 0.500. The first-order chi connectivity index (χ1) is 9.20. The molecule has 0 aromatic heterocycles. The molecule has 1 aliphatic heterocycles. The molecule has 0 radical (unpaired) electrons. The largest absolute Gasteiger partial charge is 0.496 e. The molecule has 1 heterocycles. The number of methoxy groups -OCH3 is 1. The zero-order valence-corrected chi connectivity index (χ0v) is 13.4. The molecule has 19 heavy (non-hydrogen) atoms. The summed E-state index contributed by atoms with van der Waals surface area (Å²) in [6.07, 6.45) is 2.39. The number of hydrogen-bond acceptors (Lipinski definition) is 3. The number of amides is 1. The monoisotopic (exact) mass is 343 g/mol. The third-order valence-electron chi connectivity index (χ3n) is 3.30. The van der Waals surface area contributed by atoms with Gasteiger partial charge in [-0.05, 0) is 48.5 Å². The number of hydrogen-bond donors (Lipinski definition) is 1. The molecule has 3 nitrogen and oxygen atoms in total. The lowest BCUT2D eigenvalue weighted by Crippen LogP contribution is -2.31. The van der Waals surface area contributed by atoms with Crippen LogP contribution in [-0.2, 0) is 0 Å². The molecular formula is C14H18BrNO2S. The fourth-order valence-electron chi connectivity index (χ4n) is 2.14. The van der Waals surface area contributed by atoms with Gasteiger partial charge in [0.2, 0.25) is 0 Å². The van der Waals surface area contributed by atoms with Crippen molar-refractivity contribution in [1.29, 1.82) is 0 Å². The lowest BCUT2D eigenvalue weighted by Gasteiger charge is -2.21. The van der Waals surface area contributed by atoms with E-state index in [1.165, 1.54) is 24.3 Å². The molecule has 0 spiro atoms. The van der Waals surface area contributed by atoms with E-state index in [2.05, 4.69) is 21.2 Å². The summed E-state index contributed by atoms with van der Waals surface area (Å²) in [6.45, 7) is 0.759. The molecule has 0 unspecified atom stereocenters. The van der Waals surface area contributed by atoms with Crippen LogP contribution in [0.5, 0.6) is 5.75 Å². The average molecular weight is 344 g/mol. The summed E-state index contributed by atoms with van der Waals surface area (Å²) < 4.78 is 6.11. The van der Waals surface area contributed by atoms with E-state index in [1.54, 1.807) is 19.2 Å². The molecular weight excluding hydrogens is 326 g/mol. The minimum Gasteiger partial charge on any atom is -0.496 e. The Balaban J connectivity index is 1.97. The lowest BCUT2D eigenvalue weighted by molar-refractivity contribution is 0.0943. The van der Waals surface area contributed by atoms with Crippen LogP contribution < -0.4 is 10.1 Å². The molecule has 104 valence electrons. The third kappa shape index (κ3) is 4.14. The normalized spacial score (nSPS) is 16.1. The van der Waals surface area contributed by atoms with Gasteiger partial charge in [-0.15, -0.1) is 0 Å². The summed E-state index contributed by atoms with van der Waals surface area (Å²) in [6, 6.07) is 5.47. The Morgan fingerprint density at radius 1 is 1.47 bits per heavy atom. The minimum atomic E-state index is -0.0589. The van der Waals surface area contributed by atoms with Crippen molar-refractivity contribution >= 4 is 33.6 Å². The highest BCUT2D eigenvalue weighted by molar-refractivity contribution is 9.10. The van der Waals surface area contributed by atoms with E-state index in [0.29, 0.717) is 17.2 Å². The maximum Gasteiger partial charge on any atom is 0.255 e. The highest BCUT2D eigenvalue weighted by Crippen LogP contribution is 2.24. The molecule has 0 aliphatic carbocycles. The van der Waals surface area contributed by atoms with E-state index < -0.39 is 0 Å². The Morgan fingerprint density at radius 3 is 2.89 bits per heavy atom. The molecule has 0 atom stereocenters. The van der Waals surface area contributed by atoms with Crippen molar-refractivity contribution < 1.29 is 9.53 Å². The number of carbonyl (C=O) groups excluding carboxylic acids is 1. The first-order valence-corrected chi connectivity index (χ1v) is 8.35. The van der Waals surface area contributed by atoms with Crippen molar-refractivity contribution in [3.8, 4) is 5.75 Å². The van der Waals surface area contributed by atoms with Gasteiger partial charge in [-0.2, -0.15) is 11.8 Å². The molecule has 5 heteroatoms. The molecule has 0 bridgehead atoms. The standard InChI is InChI=1S/C14H18BrNO2S/c1-18-13-3-2-11(15)8-12(13)14(17)16-9-10-4-6-19-7-5-10/h2-3,8,10H,4-7,9H2,1H3,(H,16,17). The Kier molecular flexibility index (Phi) is 5.58. The van der Waals surface area contributed by atoms with Crippen LogP contribution in [-0.4, -0.2) is 31.1 Å². The minimum absolute atomic E-state index is 0.0589. The number of ether oxygens (including phenoxy) is 1. The van der Waals surface area contributed by atoms with Crippen LogP contribution in [0.15, 0.2) is 22.7 Å². The smallest absolute Gasteiger partial charge is 0.255 e. The Bertz CT molecular complexity index is 447. The van der Waals surface area contributed by atoms with Crippen molar-refractivity contribution in [3.05, 3.63) is 28.2 Å². The van der Waals surface area contributed by atoms with E-state index >= 15 is 0 Å². The highest BCUT2D eigenvalue weighted by atomic mass is 79.9. The van der Waals surface area contributed by atoms with Gasteiger partial charge >= 0.3 is 0 Å². The SMILES string of the molecule is COc1ccc(Br)cc1C(=O)NCC1CCSCC1. The Hall–Kier alpha value is -0.680. The summed E-state index contributed by atoms with van der Waals surface area (Å²) in [5, 5.41) is 3.02. The quantitative estimate of drug-likeness (QED) is 0.911. The van der Waals surface area contributed by atoms with Gasteiger partial charge in [0.1, 0.15) is 5.75 Å². The summed E-state index contributed by atoms with van der Waals surface area (Å²) >= 11 is 5.38. The summed E-state index contributed by atoms with van der Waals surface area (Å²) in [4.78, 5) is 12.2. The summed E-state index contributed by atoms with van der Waals surface area (Å²) in [5.74, 6) is 3.58. The topological polar surface area (TPSA) is 38.3 Å². The van der Waals surface area contributed by atoms with Gasteiger partial charge in [0.15, 0.2) is 0 Å². The Morgan fingerprint density at radius 2 is 2.21 bits per heavy atom. The molecule has 1 N–H and O–H groups in total.